The molecule has 1 atom stereocenters. The first kappa shape index (κ1) is 12.6. The zero-order valence-corrected chi connectivity index (χ0v) is 11.8. The van der Waals surface area contributed by atoms with Crippen molar-refractivity contribution in [3.05, 3.63) is 28.0 Å². The van der Waals surface area contributed by atoms with E-state index in [9.17, 15) is 0 Å². The SMILES string of the molecule is CC(CN(C)C)n1c(=S)[nH]c2c(Cl)cccc21. The fourth-order valence-corrected chi connectivity index (χ4v) is 2.76. The lowest BCUT2D eigenvalue weighted by Gasteiger charge is -2.19. The Hall–Kier alpha value is -0.840. The highest BCUT2D eigenvalue weighted by Gasteiger charge is 2.13. The number of halogens is 1. The summed E-state index contributed by atoms with van der Waals surface area (Å²) >= 11 is 11.5. The van der Waals surface area contributed by atoms with E-state index in [1.165, 1.54) is 0 Å². The third kappa shape index (κ3) is 2.39. The van der Waals surface area contributed by atoms with Crippen molar-refractivity contribution in [2.75, 3.05) is 20.6 Å². The van der Waals surface area contributed by atoms with Crippen LogP contribution in [0.5, 0.6) is 0 Å². The standard InChI is InChI=1S/C12H16ClN3S/c1-8(7-15(2)3)16-10-6-4-5-9(13)11(10)14-12(16)17/h4-6,8H,7H2,1-3H3,(H,14,17). The molecule has 1 heterocycles. The molecule has 1 aromatic carbocycles. The molecule has 92 valence electrons. The van der Waals surface area contributed by atoms with Crippen molar-refractivity contribution >= 4 is 34.9 Å². The summed E-state index contributed by atoms with van der Waals surface area (Å²) in [5.74, 6) is 0. The summed E-state index contributed by atoms with van der Waals surface area (Å²) in [7, 11) is 4.11. The molecule has 1 unspecified atom stereocenters. The van der Waals surface area contributed by atoms with Crippen LogP contribution in [-0.2, 0) is 0 Å². The van der Waals surface area contributed by atoms with Crippen LogP contribution in [0.4, 0.5) is 0 Å². The van der Waals surface area contributed by atoms with Gasteiger partial charge in [-0.15, -0.1) is 0 Å². The van der Waals surface area contributed by atoms with Crippen molar-refractivity contribution in [1.29, 1.82) is 0 Å². The van der Waals surface area contributed by atoms with Crippen molar-refractivity contribution in [1.82, 2.24) is 14.5 Å². The molecular formula is C12H16ClN3S. The van der Waals surface area contributed by atoms with Gasteiger partial charge in [0.2, 0.25) is 0 Å². The zero-order chi connectivity index (χ0) is 12.6. The quantitative estimate of drug-likeness (QED) is 0.863. The summed E-state index contributed by atoms with van der Waals surface area (Å²) in [4.78, 5) is 5.33. The van der Waals surface area contributed by atoms with Crippen LogP contribution in [0.3, 0.4) is 0 Å². The summed E-state index contributed by atoms with van der Waals surface area (Å²) in [6.07, 6.45) is 0. The number of aromatic amines is 1. The van der Waals surface area contributed by atoms with E-state index >= 15 is 0 Å². The molecule has 0 amide bonds. The third-order valence-electron chi connectivity index (χ3n) is 2.77. The van der Waals surface area contributed by atoms with Gasteiger partial charge >= 0.3 is 0 Å². The number of nitrogens with zero attached hydrogens (tertiary/aromatic N) is 2. The van der Waals surface area contributed by atoms with E-state index < -0.39 is 0 Å². The fourth-order valence-electron chi connectivity index (χ4n) is 2.16. The van der Waals surface area contributed by atoms with E-state index in [0.29, 0.717) is 11.1 Å². The topological polar surface area (TPSA) is 24.0 Å². The highest BCUT2D eigenvalue weighted by atomic mass is 35.5. The lowest BCUT2D eigenvalue weighted by molar-refractivity contribution is 0.339. The molecule has 2 rings (SSSR count). The van der Waals surface area contributed by atoms with Crippen LogP contribution >= 0.6 is 23.8 Å². The Bertz CT molecular complexity index is 585. The number of hydrogen-bond donors (Lipinski definition) is 1. The van der Waals surface area contributed by atoms with E-state index in [-0.39, 0.29) is 0 Å². The average molecular weight is 270 g/mol. The van der Waals surface area contributed by atoms with Crippen LogP contribution in [0.25, 0.3) is 11.0 Å². The molecule has 0 saturated heterocycles. The molecule has 3 nitrogen and oxygen atoms in total. The molecule has 0 fully saturated rings. The predicted octanol–water partition coefficient (Wildman–Crippen LogP) is 3.47. The zero-order valence-electron chi connectivity index (χ0n) is 10.2. The van der Waals surface area contributed by atoms with Crippen molar-refractivity contribution in [2.24, 2.45) is 0 Å². The Morgan fingerprint density at radius 2 is 2.18 bits per heavy atom. The van der Waals surface area contributed by atoms with Crippen molar-refractivity contribution in [3.63, 3.8) is 0 Å². The summed E-state index contributed by atoms with van der Waals surface area (Å²) < 4.78 is 2.85. The van der Waals surface area contributed by atoms with Crippen LogP contribution in [0, 0.1) is 4.77 Å². The highest BCUT2D eigenvalue weighted by molar-refractivity contribution is 7.71. The van der Waals surface area contributed by atoms with Gasteiger partial charge < -0.3 is 14.5 Å². The molecular weight excluding hydrogens is 254 g/mol. The van der Waals surface area contributed by atoms with Gasteiger partial charge in [0, 0.05) is 12.6 Å². The van der Waals surface area contributed by atoms with E-state index in [0.717, 1.165) is 22.3 Å². The molecule has 0 aliphatic rings. The molecule has 0 saturated carbocycles. The Morgan fingerprint density at radius 1 is 1.47 bits per heavy atom. The van der Waals surface area contributed by atoms with Gasteiger partial charge in [-0.3, -0.25) is 0 Å². The number of hydrogen-bond acceptors (Lipinski definition) is 2. The minimum atomic E-state index is 0.310. The molecule has 17 heavy (non-hydrogen) atoms. The molecule has 5 heteroatoms. The Morgan fingerprint density at radius 3 is 2.82 bits per heavy atom. The van der Waals surface area contributed by atoms with E-state index in [2.05, 4.69) is 35.5 Å². The van der Waals surface area contributed by atoms with Crippen molar-refractivity contribution in [3.8, 4) is 0 Å². The smallest absolute Gasteiger partial charge is 0.178 e. The molecule has 0 aliphatic heterocycles. The summed E-state index contributed by atoms with van der Waals surface area (Å²) in [5, 5.41) is 0.712. The number of fused-ring (bicyclic) bond motifs is 1. The summed E-state index contributed by atoms with van der Waals surface area (Å²) in [6.45, 7) is 3.09. The van der Waals surface area contributed by atoms with E-state index in [4.69, 9.17) is 23.8 Å². The first-order valence-electron chi connectivity index (χ1n) is 5.54. The van der Waals surface area contributed by atoms with Gasteiger partial charge in [0.1, 0.15) is 0 Å². The van der Waals surface area contributed by atoms with Crippen LogP contribution in [0.1, 0.15) is 13.0 Å². The minimum Gasteiger partial charge on any atom is -0.329 e. The maximum atomic E-state index is 6.15. The van der Waals surface area contributed by atoms with Crippen molar-refractivity contribution < 1.29 is 0 Å². The maximum absolute atomic E-state index is 6.15. The molecule has 0 aliphatic carbocycles. The normalized spacial score (nSPS) is 13.5. The van der Waals surface area contributed by atoms with E-state index in [1.807, 2.05) is 18.2 Å². The number of rotatable bonds is 3. The first-order valence-corrected chi connectivity index (χ1v) is 6.33. The van der Waals surface area contributed by atoms with Gasteiger partial charge in [0.05, 0.1) is 16.1 Å². The average Bonchev–Trinajstić information content (AvgIpc) is 2.55. The van der Waals surface area contributed by atoms with Gasteiger partial charge in [-0.2, -0.15) is 0 Å². The predicted molar refractivity (Wildman–Crippen MR) is 75.4 cm³/mol. The first-order chi connectivity index (χ1) is 8.00. The maximum Gasteiger partial charge on any atom is 0.178 e. The number of aromatic nitrogens is 2. The molecule has 2 aromatic rings. The summed E-state index contributed by atoms with van der Waals surface area (Å²) in [6, 6.07) is 6.17. The van der Waals surface area contributed by atoms with Gasteiger partial charge in [0.25, 0.3) is 0 Å². The van der Waals surface area contributed by atoms with E-state index in [1.54, 1.807) is 0 Å². The van der Waals surface area contributed by atoms with Crippen LogP contribution in [0.15, 0.2) is 18.2 Å². The molecule has 1 N–H and O–H groups in total. The second-order valence-electron chi connectivity index (χ2n) is 4.55. The lowest BCUT2D eigenvalue weighted by Crippen LogP contribution is -2.22. The summed E-state index contributed by atoms with van der Waals surface area (Å²) in [5.41, 5.74) is 1.99. The van der Waals surface area contributed by atoms with Crippen LogP contribution in [0.2, 0.25) is 5.02 Å². The highest BCUT2D eigenvalue weighted by Crippen LogP contribution is 2.25. The third-order valence-corrected chi connectivity index (χ3v) is 3.39. The lowest BCUT2D eigenvalue weighted by atomic mass is 10.2. The van der Waals surface area contributed by atoms with Gasteiger partial charge in [-0.25, -0.2) is 0 Å². The van der Waals surface area contributed by atoms with Crippen LogP contribution < -0.4 is 0 Å². The fraction of sp³-hybridized carbons (Fsp3) is 0.417. The number of imidazole rings is 1. The number of H-pyrrole nitrogens is 1. The number of likely N-dealkylation sites (N-methyl/N-ethyl adjacent to an activating group) is 1. The second kappa shape index (κ2) is 4.80. The Kier molecular flexibility index (Phi) is 3.56. The Balaban J connectivity index is 2.57. The second-order valence-corrected chi connectivity index (χ2v) is 5.34. The number of para-hydroxylation sites is 1. The Labute approximate surface area is 111 Å². The molecule has 0 bridgehead atoms. The van der Waals surface area contributed by atoms with Gasteiger partial charge in [0.15, 0.2) is 4.77 Å². The number of nitrogens with one attached hydrogen (secondary N) is 1. The van der Waals surface area contributed by atoms with Gasteiger partial charge in [-0.05, 0) is 45.4 Å². The molecule has 0 spiro atoms. The monoisotopic (exact) mass is 269 g/mol. The minimum absolute atomic E-state index is 0.310. The molecule has 0 radical (unpaired) electrons. The molecule has 1 aromatic heterocycles. The van der Waals surface area contributed by atoms with Gasteiger partial charge in [-0.1, -0.05) is 17.7 Å². The number of benzene rings is 1. The van der Waals surface area contributed by atoms with Crippen molar-refractivity contribution in [2.45, 2.75) is 13.0 Å². The largest absolute Gasteiger partial charge is 0.329 e. The van der Waals surface area contributed by atoms with Crippen LogP contribution in [-0.4, -0.2) is 35.1 Å².